The molecule has 1 aliphatic heterocycles. The van der Waals surface area contributed by atoms with E-state index in [4.69, 9.17) is 16.3 Å². The average Bonchev–Trinajstić information content (AvgIpc) is 2.60. The number of ether oxygens (including phenoxy) is 1. The fourth-order valence-electron chi connectivity index (χ4n) is 2.98. The van der Waals surface area contributed by atoms with Crippen molar-refractivity contribution in [3.63, 3.8) is 0 Å². The van der Waals surface area contributed by atoms with Crippen LogP contribution in [0.25, 0.3) is 0 Å². The fourth-order valence-corrected chi connectivity index (χ4v) is 3.18. The summed E-state index contributed by atoms with van der Waals surface area (Å²) < 4.78 is 43.5. The van der Waals surface area contributed by atoms with E-state index in [2.05, 4.69) is 0 Å². The molecule has 0 bridgehead atoms. The Balaban J connectivity index is 1.65. The predicted molar refractivity (Wildman–Crippen MR) is 92.1 cm³/mol. The molecule has 7 heteroatoms. The highest BCUT2D eigenvalue weighted by Crippen LogP contribution is 2.31. The van der Waals surface area contributed by atoms with Crippen LogP contribution in [0, 0.1) is 5.92 Å². The third-order valence-electron chi connectivity index (χ3n) is 4.36. The molecule has 0 saturated carbocycles. The molecule has 0 fully saturated rings. The minimum absolute atomic E-state index is 0.115. The molecule has 3 nitrogen and oxygen atoms in total. The second-order valence-electron chi connectivity index (χ2n) is 6.35. The molecule has 2 aromatic rings. The normalized spacial score (nSPS) is 16.6. The van der Waals surface area contributed by atoms with Gasteiger partial charge in [0, 0.05) is 18.6 Å². The van der Waals surface area contributed by atoms with Crippen molar-refractivity contribution in [1.82, 2.24) is 4.90 Å². The number of carbonyl (C=O) groups is 1. The molecule has 0 radical (unpaired) electrons. The first-order valence-electron chi connectivity index (χ1n) is 8.06. The molecule has 0 spiro atoms. The molecule has 1 atom stereocenters. The Labute approximate surface area is 154 Å². The van der Waals surface area contributed by atoms with Gasteiger partial charge < -0.3 is 9.64 Å². The van der Waals surface area contributed by atoms with Crippen molar-refractivity contribution < 1.29 is 22.7 Å². The first-order valence-corrected chi connectivity index (χ1v) is 8.44. The first kappa shape index (κ1) is 18.6. The van der Waals surface area contributed by atoms with Crippen LogP contribution in [0.4, 0.5) is 13.2 Å². The van der Waals surface area contributed by atoms with Crippen molar-refractivity contribution in [2.45, 2.75) is 19.1 Å². The summed E-state index contributed by atoms with van der Waals surface area (Å²) >= 11 is 5.99. The summed E-state index contributed by atoms with van der Waals surface area (Å²) in [6.07, 6.45) is -3.85. The molecule has 0 aliphatic carbocycles. The van der Waals surface area contributed by atoms with E-state index in [1.807, 2.05) is 0 Å². The molecule has 0 saturated heterocycles. The molecule has 1 heterocycles. The van der Waals surface area contributed by atoms with E-state index in [0.29, 0.717) is 17.0 Å². The number of hydrogen-bond donors (Lipinski definition) is 0. The molecular weight excluding hydrogens is 367 g/mol. The lowest BCUT2D eigenvalue weighted by atomic mass is 9.95. The van der Waals surface area contributed by atoms with Crippen molar-refractivity contribution in [1.29, 1.82) is 0 Å². The van der Waals surface area contributed by atoms with Crippen LogP contribution >= 0.6 is 11.6 Å². The van der Waals surface area contributed by atoms with Crippen LogP contribution in [0.2, 0.25) is 5.02 Å². The van der Waals surface area contributed by atoms with Gasteiger partial charge in [0.25, 0.3) is 0 Å². The van der Waals surface area contributed by atoms with Gasteiger partial charge in [-0.1, -0.05) is 23.7 Å². The van der Waals surface area contributed by atoms with Gasteiger partial charge in [0.05, 0.1) is 11.5 Å². The van der Waals surface area contributed by atoms with Crippen LogP contribution < -0.4 is 4.74 Å². The zero-order valence-electron chi connectivity index (χ0n) is 14.0. The maximum atomic E-state index is 12.7. The lowest BCUT2D eigenvalue weighted by molar-refractivity contribution is -0.138. The van der Waals surface area contributed by atoms with Crippen molar-refractivity contribution in [2.24, 2.45) is 5.92 Å². The number of halogens is 4. The molecular formula is C19H17ClF3NO2. The molecule has 3 rings (SSSR count). The molecule has 0 unspecified atom stereocenters. The number of hydrogen-bond acceptors (Lipinski definition) is 2. The van der Waals surface area contributed by atoms with Gasteiger partial charge in [-0.05, 0) is 47.9 Å². The summed E-state index contributed by atoms with van der Waals surface area (Å²) in [5.41, 5.74) is 0.809. The Morgan fingerprint density at radius 3 is 2.58 bits per heavy atom. The van der Waals surface area contributed by atoms with Crippen molar-refractivity contribution >= 4 is 17.5 Å². The molecule has 26 heavy (non-hydrogen) atoms. The second-order valence-corrected chi connectivity index (χ2v) is 6.79. The Bertz CT molecular complexity index is 805. The number of fused-ring (bicyclic) bond motifs is 1. The quantitative estimate of drug-likeness (QED) is 0.777. The van der Waals surface area contributed by atoms with Crippen LogP contribution in [-0.4, -0.2) is 24.5 Å². The summed E-state index contributed by atoms with van der Waals surface area (Å²) in [6.45, 7) is 0.501. The highest BCUT2D eigenvalue weighted by molar-refractivity contribution is 6.30. The minimum Gasteiger partial charge on any atom is -0.492 e. The van der Waals surface area contributed by atoms with Crippen LogP contribution in [0.5, 0.6) is 5.75 Å². The monoisotopic (exact) mass is 383 g/mol. The lowest BCUT2D eigenvalue weighted by Gasteiger charge is -2.28. The molecule has 138 valence electrons. The van der Waals surface area contributed by atoms with Gasteiger partial charge in [-0.15, -0.1) is 0 Å². The van der Waals surface area contributed by atoms with Crippen molar-refractivity contribution in [3.8, 4) is 5.75 Å². The number of benzene rings is 2. The summed E-state index contributed by atoms with van der Waals surface area (Å²) in [5.74, 6) is 0.264. The Kier molecular flexibility index (Phi) is 5.14. The van der Waals surface area contributed by atoms with Gasteiger partial charge in [-0.3, -0.25) is 4.79 Å². The van der Waals surface area contributed by atoms with E-state index in [1.54, 1.807) is 25.2 Å². The maximum absolute atomic E-state index is 12.7. The zero-order valence-corrected chi connectivity index (χ0v) is 14.8. The van der Waals surface area contributed by atoms with Crippen molar-refractivity contribution in [2.75, 3.05) is 13.7 Å². The summed E-state index contributed by atoms with van der Waals surface area (Å²) in [4.78, 5) is 14.2. The number of amides is 1. The van der Waals surface area contributed by atoms with Gasteiger partial charge in [0.2, 0.25) is 5.91 Å². The average molecular weight is 384 g/mol. The van der Waals surface area contributed by atoms with E-state index in [-0.39, 0.29) is 25.0 Å². The topological polar surface area (TPSA) is 29.5 Å². The highest BCUT2D eigenvalue weighted by Gasteiger charge is 2.31. The van der Waals surface area contributed by atoms with Crippen LogP contribution in [0.1, 0.15) is 16.7 Å². The van der Waals surface area contributed by atoms with Crippen LogP contribution in [-0.2, 0) is 23.9 Å². The third kappa shape index (κ3) is 4.12. The SMILES string of the molecule is CN(Cc1ccc(C(F)(F)F)cc1)C(=O)[C@H]1COc2ccc(Cl)cc2C1. The largest absolute Gasteiger partial charge is 0.492 e. The van der Waals surface area contributed by atoms with Crippen LogP contribution in [0.3, 0.4) is 0 Å². The minimum atomic E-state index is -4.37. The second kappa shape index (κ2) is 7.19. The van der Waals surface area contributed by atoms with E-state index in [1.165, 1.54) is 17.0 Å². The standard InChI is InChI=1S/C19H17ClF3NO2/c1-24(10-12-2-4-15(5-3-12)19(21,22)23)18(25)14-8-13-9-16(20)6-7-17(13)26-11-14/h2-7,9,14H,8,10-11H2,1H3/t14-/m1/s1. The smallest absolute Gasteiger partial charge is 0.416 e. The van der Waals surface area contributed by atoms with E-state index < -0.39 is 11.7 Å². The molecule has 1 aliphatic rings. The molecule has 1 amide bonds. The Morgan fingerprint density at radius 2 is 1.92 bits per heavy atom. The molecule has 2 aromatic carbocycles. The first-order chi connectivity index (χ1) is 12.2. The van der Waals surface area contributed by atoms with E-state index in [0.717, 1.165) is 23.4 Å². The summed E-state index contributed by atoms with van der Waals surface area (Å²) in [6, 6.07) is 10.1. The van der Waals surface area contributed by atoms with E-state index >= 15 is 0 Å². The van der Waals surface area contributed by atoms with Crippen molar-refractivity contribution in [3.05, 3.63) is 64.2 Å². The number of carbonyl (C=O) groups excluding carboxylic acids is 1. The lowest BCUT2D eigenvalue weighted by Crippen LogP contribution is -2.38. The summed E-state index contributed by atoms with van der Waals surface area (Å²) in [7, 11) is 1.63. The van der Waals surface area contributed by atoms with Gasteiger partial charge >= 0.3 is 6.18 Å². The fraction of sp³-hybridized carbons (Fsp3) is 0.316. The number of alkyl halides is 3. The zero-order chi connectivity index (χ0) is 18.9. The number of nitrogens with zero attached hydrogens (tertiary/aromatic N) is 1. The predicted octanol–water partition coefficient (Wildman–Crippen LogP) is 4.57. The van der Waals surface area contributed by atoms with Crippen LogP contribution in [0.15, 0.2) is 42.5 Å². The number of rotatable bonds is 3. The van der Waals surface area contributed by atoms with E-state index in [9.17, 15) is 18.0 Å². The van der Waals surface area contributed by atoms with Gasteiger partial charge in [-0.25, -0.2) is 0 Å². The van der Waals surface area contributed by atoms with Gasteiger partial charge in [0.1, 0.15) is 12.4 Å². The third-order valence-corrected chi connectivity index (χ3v) is 4.59. The molecule has 0 aromatic heterocycles. The Hall–Kier alpha value is -2.21. The molecule has 0 N–H and O–H groups in total. The highest BCUT2D eigenvalue weighted by atomic mass is 35.5. The Morgan fingerprint density at radius 1 is 1.23 bits per heavy atom. The maximum Gasteiger partial charge on any atom is 0.416 e. The van der Waals surface area contributed by atoms with Gasteiger partial charge in [0.15, 0.2) is 0 Å². The van der Waals surface area contributed by atoms with Gasteiger partial charge in [-0.2, -0.15) is 13.2 Å². The summed E-state index contributed by atoms with van der Waals surface area (Å²) in [5, 5.41) is 0.582.